The van der Waals surface area contributed by atoms with Gasteiger partial charge in [0.15, 0.2) is 5.82 Å². The van der Waals surface area contributed by atoms with Gasteiger partial charge in [0, 0.05) is 37.6 Å². The Bertz CT molecular complexity index is 734. The van der Waals surface area contributed by atoms with Crippen LogP contribution in [-0.4, -0.2) is 67.5 Å². The van der Waals surface area contributed by atoms with Crippen molar-refractivity contribution < 1.29 is 4.39 Å². The highest BCUT2D eigenvalue weighted by Gasteiger charge is 2.23. The van der Waals surface area contributed by atoms with Crippen LogP contribution in [0, 0.1) is 5.82 Å². The molecule has 2 aromatic rings. The Morgan fingerprint density at radius 3 is 1.79 bits per heavy atom. The van der Waals surface area contributed by atoms with Crippen LogP contribution in [0.1, 0.15) is 0 Å². The molecule has 1 fully saturated rings. The first-order valence-electron chi connectivity index (χ1n) is 8.23. The van der Waals surface area contributed by atoms with Gasteiger partial charge in [0.25, 0.3) is 0 Å². The third kappa shape index (κ3) is 2.85. The molecule has 0 radical (unpaired) electrons. The maximum Gasteiger partial charge on any atom is 0.225 e. The third-order valence-electron chi connectivity index (χ3n) is 5.13. The van der Waals surface area contributed by atoms with Crippen LogP contribution in [0.2, 0.25) is 0 Å². The van der Waals surface area contributed by atoms with Crippen molar-refractivity contribution >= 4 is 70.6 Å². The molecule has 5 nitrogen and oxygen atoms in total. The molecule has 1 aromatic carbocycles. The molecular formula is C14H20B4FN5. The summed E-state index contributed by atoms with van der Waals surface area (Å²) >= 11 is 0. The highest BCUT2D eigenvalue weighted by Crippen LogP contribution is 2.14. The molecule has 0 atom stereocenters. The van der Waals surface area contributed by atoms with E-state index < -0.39 is 5.82 Å². The second kappa shape index (κ2) is 6.42. The minimum atomic E-state index is -0.406. The molecule has 2 N–H and O–H groups in total. The maximum absolute atomic E-state index is 13.0. The molecule has 1 saturated heterocycles. The zero-order chi connectivity index (χ0) is 17.4. The van der Waals surface area contributed by atoms with Crippen LogP contribution in [0.3, 0.4) is 0 Å². The second-order valence-electron chi connectivity index (χ2n) is 6.44. The number of nitrogens with two attached hydrogens (primary N) is 1. The molecule has 0 unspecified atom stereocenters. The number of hydrogen-bond acceptors (Lipinski definition) is 5. The summed E-state index contributed by atoms with van der Waals surface area (Å²) in [6, 6.07) is 0. The van der Waals surface area contributed by atoms with Gasteiger partial charge in [-0.05, 0) is 0 Å². The fourth-order valence-electron chi connectivity index (χ4n) is 3.39. The van der Waals surface area contributed by atoms with Gasteiger partial charge in [0.1, 0.15) is 31.4 Å². The fraction of sp³-hybridized carbons (Fsp3) is 0.286. The number of halogens is 1. The van der Waals surface area contributed by atoms with Gasteiger partial charge in [-0.2, -0.15) is 0 Å². The third-order valence-corrected chi connectivity index (χ3v) is 5.13. The van der Waals surface area contributed by atoms with E-state index in [-0.39, 0.29) is 0 Å². The van der Waals surface area contributed by atoms with Crippen LogP contribution >= 0.6 is 0 Å². The Hall–Kier alpha value is -2.11. The van der Waals surface area contributed by atoms with Gasteiger partial charge in [-0.3, -0.25) is 0 Å². The van der Waals surface area contributed by atoms with Crippen LogP contribution in [0.4, 0.5) is 21.7 Å². The highest BCUT2D eigenvalue weighted by atomic mass is 19.1. The minimum absolute atomic E-state index is 0.406. The monoisotopic (exact) mass is 321 g/mol. The maximum atomic E-state index is 13.0. The molecule has 120 valence electrons. The van der Waals surface area contributed by atoms with E-state index in [9.17, 15) is 4.39 Å². The van der Waals surface area contributed by atoms with Crippen molar-refractivity contribution in [3.63, 3.8) is 0 Å². The van der Waals surface area contributed by atoms with Crippen molar-refractivity contribution in [3.8, 4) is 0 Å². The van der Waals surface area contributed by atoms with Gasteiger partial charge >= 0.3 is 0 Å². The topological polar surface area (TPSA) is 58.3 Å². The van der Waals surface area contributed by atoms with Crippen molar-refractivity contribution in [2.24, 2.45) is 0 Å². The lowest BCUT2D eigenvalue weighted by Gasteiger charge is -2.38. The molecule has 10 heteroatoms. The number of anilines is 3. The highest BCUT2D eigenvalue weighted by molar-refractivity contribution is 6.62. The van der Waals surface area contributed by atoms with Crippen LogP contribution in [-0.2, 0) is 0 Å². The lowest BCUT2D eigenvalue weighted by Crippen LogP contribution is -2.54. The number of rotatable bonds is 2. The smallest absolute Gasteiger partial charge is 0.225 e. The fourth-order valence-corrected chi connectivity index (χ4v) is 3.39. The van der Waals surface area contributed by atoms with E-state index >= 15 is 0 Å². The van der Waals surface area contributed by atoms with E-state index in [4.69, 9.17) is 5.73 Å². The molecule has 0 saturated carbocycles. The first-order valence-corrected chi connectivity index (χ1v) is 8.23. The van der Waals surface area contributed by atoms with Crippen molar-refractivity contribution in [2.45, 2.75) is 0 Å². The number of nitrogen functional groups attached to an aromatic ring is 1. The van der Waals surface area contributed by atoms with E-state index in [0.29, 0.717) is 5.95 Å². The predicted molar refractivity (Wildman–Crippen MR) is 110 cm³/mol. The summed E-state index contributed by atoms with van der Waals surface area (Å²) in [6.45, 7) is 3.39. The van der Waals surface area contributed by atoms with E-state index in [2.05, 4.69) is 51.2 Å². The molecule has 1 aliphatic rings. The summed E-state index contributed by atoms with van der Waals surface area (Å²) in [6.07, 6.45) is 2.44. The number of aromatic nitrogens is 2. The Kier molecular flexibility index (Phi) is 4.47. The van der Waals surface area contributed by atoms with E-state index in [1.54, 1.807) is 0 Å². The lowest BCUT2D eigenvalue weighted by atomic mass is 9.67. The predicted octanol–water partition coefficient (Wildman–Crippen LogP) is -5.44. The van der Waals surface area contributed by atoms with Crippen LogP contribution in [0.15, 0.2) is 12.4 Å². The Morgan fingerprint density at radius 2 is 1.29 bits per heavy atom. The van der Waals surface area contributed by atoms with Gasteiger partial charge in [-0.15, -0.1) is 0 Å². The first-order chi connectivity index (χ1) is 11.4. The quantitative estimate of drug-likeness (QED) is 0.442. The molecule has 0 bridgehead atoms. The zero-order valence-electron chi connectivity index (χ0n) is 14.7. The standard InChI is InChI=1S/C14H20B4FN5/c15-8-10(17)13(11(18)9(16)12(8)20)23-1-3-24(4-2-23)14-21-5-7(19)6-22-14/h5-6H,1-4,15-18,20H2. The van der Waals surface area contributed by atoms with Crippen LogP contribution < -0.4 is 37.4 Å². The lowest BCUT2D eigenvalue weighted by molar-refractivity contribution is 0.603. The van der Waals surface area contributed by atoms with Gasteiger partial charge in [-0.1, -0.05) is 21.9 Å². The van der Waals surface area contributed by atoms with Crippen molar-refractivity contribution in [3.05, 3.63) is 18.2 Å². The summed E-state index contributed by atoms with van der Waals surface area (Å²) in [4.78, 5) is 12.7. The molecule has 2 heterocycles. The van der Waals surface area contributed by atoms with E-state index in [1.807, 2.05) is 0 Å². The number of benzene rings is 1. The molecule has 3 rings (SSSR count). The van der Waals surface area contributed by atoms with Crippen LogP contribution in [0.25, 0.3) is 0 Å². The van der Waals surface area contributed by atoms with Crippen molar-refractivity contribution in [1.82, 2.24) is 9.97 Å². The normalized spacial score (nSPS) is 14.9. The number of nitrogens with zero attached hydrogens (tertiary/aromatic N) is 4. The van der Waals surface area contributed by atoms with E-state index in [0.717, 1.165) is 42.8 Å². The average Bonchev–Trinajstić information content (AvgIpc) is 2.60. The largest absolute Gasteiger partial charge is 0.400 e. The molecule has 0 spiro atoms. The van der Waals surface area contributed by atoms with Crippen LogP contribution in [0.5, 0.6) is 0 Å². The molecule has 0 amide bonds. The second-order valence-corrected chi connectivity index (χ2v) is 6.44. The Balaban J connectivity index is 1.81. The van der Waals surface area contributed by atoms with Gasteiger partial charge in [0.05, 0.1) is 12.4 Å². The SMILES string of the molecule is Bc1c(B)c(N2CCN(c3ncc(F)cn3)CC2)c(B)c(B)c1N. The average molecular weight is 321 g/mol. The number of piperazine rings is 1. The summed E-state index contributed by atoms with van der Waals surface area (Å²) < 4.78 is 13.0. The summed E-state index contributed by atoms with van der Waals surface area (Å²) in [5.41, 5.74) is 13.2. The Morgan fingerprint density at radius 1 is 0.833 bits per heavy atom. The zero-order valence-corrected chi connectivity index (χ0v) is 14.7. The van der Waals surface area contributed by atoms with Crippen molar-refractivity contribution in [1.29, 1.82) is 0 Å². The summed E-state index contributed by atoms with van der Waals surface area (Å²) in [5, 5.41) is 0. The minimum Gasteiger partial charge on any atom is -0.400 e. The summed E-state index contributed by atoms with van der Waals surface area (Å²) in [7, 11) is 8.46. The molecular weight excluding hydrogens is 300 g/mol. The van der Waals surface area contributed by atoms with Crippen molar-refractivity contribution in [2.75, 3.05) is 41.7 Å². The first kappa shape index (κ1) is 16.7. The van der Waals surface area contributed by atoms with Gasteiger partial charge < -0.3 is 15.5 Å². The Labute approximate surface area is 145 Å². The molecule has 0 aliphatic carbocycles. The summed E-state index contributed by atoms with van der Waals surface area (Å²) in [5.74, 6) is 0.186. The van der Waals surface area contributed by atoms with Gasteiger partial charge in [0.2, 0.25) is 5.95 Å². The molecule has 1 aliphatic heterocycles. The number of hydrogen-bond donors (Lipinski definition) is 1. The van der Waals surface area contributed by atoms with Gasteiger partial charge in [-0.25, -0.2) is 14.4 Å². The molecule has 24 heavy (non-hydrogen) atoms. The van der Waals surface area contributed by atoms with E-state index in [1.165, 1.54) is 29.0 Å². The molecule has 1 aromatic heterocycles.